The van der Waals surface area contributed by atoms with Crippen molar-refractivity contribution in [3.63, 3.8) is 0 Å². The third-order valence-corrected chi connectivity index (χ3v) is 6.71. The lowest BCUT2D eigenvalue weighted by atomic mass is 10.1. The van der Waals surface area contributed by atoms with Gasteiger partial charge in [0.15, 0.2) is 0 Å². The molecule has 23 heavy (non-hydrogen) atoms. The normalized spacial score (nSPS) is 14.3. The summed E-state index contributed by atoms with van der Waals surface area (Å²) < 4.78 is 34.4. The lowest BCUT2D eigenvalue weighted by Gasteiger charge is -2.20. The fourth-order valence-electron chi connectivity index (χ4n) is 1.95. The summed E-state index contributed by atoms with van der Waals surface area (Å²) in [5, 5.41) is 0.580. The molecule has 0 aliphatic carbocycles. The van der Waals surface area contributed by atoms with Gasteiger partial charge in [-0.25, -0.2) is 0 Å². The van der Waals surface area contributed by atoms with Crippen molar-refractivity contribution >= 4 is 51.4 Å². The zero-order valence-electron chi connectivity index (χ0n) is 12.0. The molecule has 1 aromatic heterocycles. The van der Waals surface area contributed by atoms with Crippen molar-refractivity contribution in [2.75, 3.05) is 6.61 Å². The maximum absolute atomic E-state index is 14.4. The monoisotopic (exact) mass is 425 g/mol. The minimum absolute atomic E-state index is 0.0112. The Bertz CT molecular complexity index is 741. The van der Waals surface area contributed by atoms with Gasteiger partial charge in [-0.05, 0) is 35.0 Å². The van der Waals surface area contributed by atoms with E-state index in [1.165, 1.54) is 6.20 Å². The minimum Gasteiger partial charge on any atom is -0.403 e. The maximum atomic E-state index is 14.4. The van der Waals surface area contributed by atoms with Gasteiger partial charge in [0.1, 0.15) is 0 Å². The molecule has 0 radical (unpaired) electrons. The fraction of sp³-hybridized carbons (Fsp3) is 0.231. The first-order chi connectivity index (χ1) is 10.9. The number of nitrogens with two attached hydrogens (primary N) is 2. The van der Waals surface area contributed by atoms with Gasteiger partial charge in [-0.15, -0.1) is 11.3 Å². The van der Waals surface area contributed by atoms with Crippen LogP contribution >= 0.6 is 35.6 Å². The number of alkyl halides is 2. The lowest BCUT2D eigenvalue weighted by Crippen LogP contribution is -2.20. The molecule has 5 nitrogen and oxygen atoms in total. The van der Waals surface area contributed by atoms with Gasteiger partial charge >= 0.3 is 5.66 Å². The summed E-state index contributed by atoms with van der Waals surface area (Å²) in [5.41, 5.74) is 5.57. The lowest BCUT2D eigenvalue weighted by molar-refractivity contribution is 0.0687. The molecule has 1 aromatic carbocycles. The number of thiophene rings is 1. The second kappa shape index (κ2) is 7.38. The zero-order valence-corrected chi connectivity index (χ0v) is 15.3. The van der Waals surface area contributed by atoms with Crippen molar-refractivity contribution in [3.05, 3.63) is 39.3 Å². The number of halogens is 3. The smallest absolute Gasteiger partial charge is 0.349 e. The molecule has 1 atom stereocenters. The molecule has 0 fully saturated rings. The van der Waals surface area contributed by atoms with Gasteiger partial charge in [-0.3, -0.25) is 5.84 Å². The molecule has 126 valence electrons. The van der Waals surface area contributed by atoms with Crippen molar-refractivity contribution in [3.8, 4) is 0 Å². The quantitative estimate of drug-likeness (QED) is 0.321. The summed E-state index contributed by atoms with van der Waals surface area (Å²) in [7, 11) is -2.90. The van der Waals surface area contributed by atoms with Crippen molar-refractivity contribution in [2.45, 2.75) is 12.6 Å². The highest BCUT2D eigenvalue weighted by Crippen LogP contribution is 2.60. The predicted molar refractivity (Wildman–Crippen MR) is 93.7 cm³/mol. The second-order valence-electron chi connectivity index (χ2n) is 4.41. The van der Waals surface area contributed by atoms with Crippen molar-refractivity contribution in [1.82, 2.24) is 5.43 Å². The molecule has 10 heteroatoms. The largest absolute Gasteiger partial charge is 0.403 e. The summed E-state index contributed by atoms with van der Waals surface area (Å²) in [6, 6.07) is 5.10. The molecule has 1 unspecified atom stereocenters. The molecule has 0 amide bonds. The molecule has 0 bridgehead atoms. The second-order valence-corrected chi connectivity index (χ2v) is 7.62. The van der Waals surface area contributed by atoms with E-state index < -0.39 is 14.0 Å². The van der Waals surface area contributed by atoms with Gasteiger partial charge in [0.05, 0.1) is 17.2 Å². The zero-order chi connectivity index (χ0) is 17.2. The van der Waals surface area contributed by atoms with Gasteiger partial charge in [0.25, 0.3) is 0 Å². The van der Waals surface area contributed by atoms with Crippen molar-refractivity contribution in [1.29, 1.82) is 0 Å². The summed E-state index contributed by atoms with van der Waals surface area (Å²) in [4.78, 5) is 9.35. The topological polar surface area (TPSA) is 93.5 Å². The van der Waals surface area contributed by atoms with Gasteiger partial charge in [-0.1, -0.05) is 6.07 Å². The number of rotatable bonds is 6. The molecule has 0 aliphatic heterocycles. The van der Waals surface area contributed by atoms with E-state index in [-0.39, 0.29) is 16.0 Å². The Balaban J connectivity index is 2.54. The highest BCUT2D eigenvalue weighted by molar-refractivity contribution is 9.10. The van der Waals surface area contributed by atoms with Crippen LogP contribution in [0.15, 0.2) is 28.9 Å². The fourth-order valence-corrected chi connectivity index (χ4v) is 5.06. The van der Waals surface area contributed by atoms with Crippen LogP contribution in [0.3, 0.4) is 0 Å². The minimum atomic E-state index is -3.47. The van der Waals surface area contributed by atoms with Gasteiger partial charge in [0.2, 0.25) is 8.38 Å². The van der Waals surface area contributed by atoms with Crippen LogP contribution in [0.2, 0.25) is 0 Å². The van der Waals surface area contributed by atoms with Crippen LogP contribution in [-0.2, 0) is 10.2 Å². The SMILES string of the molecule is CCOP(O)C(F)(F)c1sc2ccc(/C(=C/N)NN)cc2c1Br. The Kier molecular flexibility index (Phi) is 5.94. The van der Waals surface area contributed by atoms with Crippen LogP contribution in [0.4, 0.5) is 8.78 Å². The van der Waals surface area contributed by atoms with Crippen LogP contribution in [0.25, 0.3) is 15.8 Å². The average Bonchev–Trinajstić information content (AvgIpc) is 2.86. The molecule has 0 spiro atoms. The Hall–Kier alpha value is -0.830. The van der Waals surface area contributed by atoms with Crippen LogP contribution in [0.5, 0.6) is 0 Å². The van der Waals surface area contributed by atoms with Crippen LogP contribution < -0.4 is 17.0 Å². The van der Waals surface area contributed by atoms with Gasteiger partial charge < -0.3 is 20.6 Å². The molecule has 0 saturated heterocycles. The maximum Gasteiger partial charge on any atom is 0.349 e. The Morgan fingerprint density at radius 2 is 2.26 bits per heavy atom. The molecule has 0 saturated carbocycles. The summed E-state index contributed by atoms with van der Waals surface area (Å²) in [6.45, 7) is 1.56. The Labute approximate surface area is 145 Å². The van der Waals surface area contributed by atoms with Crippen LogP contribution in [0, 0.1) is 0 Å². The summed E-state index contributed by atoms with van der Waals surface area (Å²) in [5.74, 6) is 5.37. The molecule has 6 N–H and O–H groups in total. The number of hydrogen-bond acceptors (Lipinski definition) is 6. The Morgan fingerprint density at radius 1 is 1.57 bits per heavy atom. The van der Waals surface area contributed by atoms with E-state index in [1.807, 2.05) is 0 Å². The number of hydrazine groups is 1. The number of fused-ring (bicyclic) bond motifs is 1. The third kappa shape index (κ3) is 3.50. The molecule has 2 aromatic rings. The Morgan fingerprint density at radius 3 is 2.83 bits per heavy atom. The molecule has 2 rings (SSSR count). The third-order valence-electron chi connectivity index (χ3n) is 3.03. The summed E-state index contributed by atoms with van der Waals surface area (Å²) >= 11 is 4.10. The number of hydrogen-bond donors (Lipinski definition) is 4. The van der Waals surface area contributed by atoms with Crippen molar-refractivity contribution in [2.24, 2.45) is 11.6 Å². The van der Waals surface area contributed by atoms with E-state index in [2.05, 4.69) is 21.4 Å². The standard InChI is InChI=1S/C13H15BrF2N3O2PS/c1-2-21-22(20)13(15,16)12-11(14)8-5-7(9(6-17)19-18)3-4-10(8)23-12/h3-6,19-20H,2,17-18H2,1H3/b9-6-. The highest BCUT2D eigenvalue weighted by atomic mass is 79.9. The van der Waals surface area contributed by atoms with Crippen LogP contribution in [0.1, 0.15) is 17.4 Å². The predicted octanol–water partition coefficient (Wildman–Crippen LogP) is 3.77. The van der Waals surface area contributed by atoms with Crippen molar-refractivity contribution < 1.29 is 18.2 Å². The van der Waals surface area contributed by atoms with E-state index in [9.17, 15) is 13.7 Å². The number of nitrogens with one attached hydrogen (secondary N) is 1. The van der Waals surface area contributed by atoms with Gasteiger partial charge in [0, 0.05) is 26.3 Å². The first-order valence-corrected chi connectivity index (χ1v) is 9.30. The van der Waals surface area contributed by atoms with E-state index in [0.29, 0.717) is 21.3 Å². The molecular weight excluding hydrogens is 411 g/mol. The molecule has 1 heterocycles. The summed E-state index contributed by atoms with van der Waals surface area (Å²) in [6.07, 6.45) is 1.29. The number of benzene rings is 1. The highest BCUT2D eigenvalue weighted by Gasteiger charge is 2.46. The van der Waals surface area contributed by atoms with Crippen LogP contribution in [-0.4, -0.2) is 11.5 Å². The first-order valence-electron chi connectivity index (χ1n) is 6.48. The molecular formula is C13H15BrF2N3O2PS. The van der Waals surface area contributed by atoms with E-state index in [4.69, 9.17) is 16.1 Å². The van der Waals surface area contributed by atoms with Gasteiger partial charge in [-0.2, -0.15) is 8.78 Å². The van der Waals surface area contributed by atoms with E-state index in [0.717, 1.165) is 11.3 Å². The van der Waals surface area contributed by atoms with E-state index in [1.54, 1.807) is 25.1 Å². The van der Waals surface area contributed by atoms with E-state index >= 15 is 0 Å². The first kappa shape index (κ1) is 18.5. The molecule has 0 aliphatic rings. The average molecular weight is 426 g/mol.